The van der Waals surface area contributed by atoms with Crippen molar-refractivity contribution >= 4 is 5.78 Å². The molecule has 3 rings (SSSR count). The first-order chi connectivity index (χ1) is 7.83. The smallest absolute Gasteiger partial charge is 0.137 e. The molecule has 1 saturated carbocycles. The average molecular weight is 215 g/mol. The molecule has 2 atom stereocenters. The summed E-state index contributed by atoms with van der Waals surface area (Å²) in [7, 11) is 0. The van der Waals surface area contributed by atoms with Gasteiger partial charge in [-0.15, -0.1) is 0 Å². The first-order valence-corrected chi connectivity index (χ1v) is 6.12. The van der Waals surface area contributed by atoms with Gasteiger partial charge in [0.05, 0.1) is 0 Å². The van der Waals surface area contributed by atoms with Crippen molar-refractivity contribution in [3.8, 4) is 0 Å². The lowest BCUT2D eigenvalue weighted by atomic mass is 10.0. The van der Waals surface area contributed by atoms with Crippen LogP contribution in [0.15, 0.2) is 30.3 Å². The predicted octanol–water partition coefficient (Wildman–Crippen LogP) is 2.10. The van der Waals surface area contributed by atoms with E-state index in [-0.39, 0.29) is 0 Å². The lowest BCUT2D eigenvalue weighted by Gasteiger charge is -2.16. The molecule has 2 aliphatic rings. The molecule has 1 aromatic rings. The van der Waals surface area contributed by atoms with Crippen LogP contribution >= 0.6 is 0 Å². The van der Waals surface area contributed by atoms with Gasteiger partial charge in [-0.2, -0.15) is 0 Å². The number of hydrogen-bond donors (Lipinski definition) is 0. The fourth-order valence-corrected chi connectivity index (χ4v) is 3.10. The number of carbonyl (C=O) groups is 1. The Morgan fingerprint density at radius 3 is 2.75 bits per heavy atom. The summed E-state index contributed by atoms with van der Waals surface area (Å²) < 4.78 is 0. The number of benzene rings is 1. The summed E-state index contributed by atoms with van der Waals surface area (Å²) >= 11 is 0. The van der Waals surface area contributed by atoms with Gasteiger partial charge in [0.25, 0.3) is 0 Å². The van der Waals surface area contributed by atoms with Crippen molar-refractivity contribution in [1.29, 1.82) is 0 Å². The minimum atomic E-state index is 0.351. The Balaban J connectivity index is 1.65. The molecule has 0 aromatic heterocycles. The molecule has 0 spiro atoms. The van der Waals surface area contributed by atoms with Crippen molar-refractivity contribution in [3.05, 3.63) is 35.9 Å². The van der Waals surface area contributed by atoms with Crippen LogP contribution in [0.4, 0.5) is 0 Å². The molecule has 2 fully saturated rings. The summed E-state index contributed by atoms with van der Waals surface area (Å²) in [6, 6.07) is 10.5. The molecule has 1 aliphatic heterocycles. The normalized spacial score (nSPS) is 29.6. The highest BCUT2D eigenvalue weighted by atomic mass is 16.1. The molecule has 0 N–H and O–H groups in total. The summed E-state index contributed by atoms with van der Waals surface area (Å²) in [6.07, 6.45) is 1.95. The molecule has 1 aromatic carbocycles. The van der Waals surface area contributed by atoms with Crippen LogP contribution < -0.4 is 0 Å². The standard InChI is InChI=1S/C14H17NO/c16-14-7-6-12-9-15(10-13(12)14)8-11-4-2-1-3-5-11/h1-5,12-13H,6-10H2/t12-,13?/m1/s1. The van der Waals surface area contributed by atoms with Crippen molar-refractivity contribution in [2.75, 3.05) is 13.1 Å². The molecule has 84 valence electrons. The van der Waals surface area contributed by atoms with Gasteiger partial charge >= 0.3 is 0 Å². The lowest BCUT2D eigenvalue weighted by Crippen LogP contribution is -2.22. The topological polar surface area (TPSA) is 20.3 Å². The Morgan fingerprint density at radius 1 is 1.19 bits per heavy atom. The van der Waals surface area contributed by atoms with Gasteiger partial charge in [-0.1, -0.05) is 30.3 Å². The fraction of sp³-hybridized carbons (Fsp3) is 0.500. The van der Waals surface area contributed by atoms with E-state index in [0.29, 0.717) is 17.6 Å². The van der Waals surface area contributed by atoms with E-state index in [1.54, 1.807) is 0 Å². The van der Waals surface area contributed by atoms with Gasteiger partial charge < -0.3 is 0 Å². The number of nitrogens with zero attached hydrogens (tertiary/aromatic N) is 1. The highest BCUT2D eigenvalue weighted by Crippen LogP contribution is 2.35. The number of likely N-dealkylation sites (tertiary alicyclic amines) is 1. The molecule has 0 bridgehead atoms. The number of Topliss-reactive ketones (excluding diaryl/α,β-unsaturated/α-hetero) is 1. The van der Waals surface area contributed by atoms with Crippen LogP contribution in [0, 0.1) is 11.8 Å². The van der Waals surface area contributed by atoms with E-state index in [1.165, 1.54) is 5.56 Å². The molecular weight excluding hydrogens is 198 g/mol. The van der Waals surface area contributed by atoms with Crippen molar-refractivity contribution in [3.63, 3.8) is 0 Å². The van der Waals surface area contributed by atoms with E-state index >= 15 is 0 Å². The molecule has 1 unspecified atom stereocenters. The Kier molecular flexibility index (Phi) is 2.52. The van der Waals surface area contributed by atoms with Crippen molar-refractivity contribution < 1.29 is 4.79 Å². The van der Waals surface area contributed by atoms with Gasteiger partial charge in [0.2, 0.25) is 0 Å². The predicted molar refractivity (Wildman–Crippen MR) is 62.9 cm³/mol. The molecule has 0 radical (unpaired) electrons. The number of ketones is 1. The van der Waals surface area contributed by atoms with Crippen LogP contribution in [0.25, 0.3) is 0 Å². The third kappa shape index (κ3) is 1.78. The second-order valence-electron chi connectivity index (χ2n) is 5.05. The number of carbonyl (C=O) groups excluding carboxylic acids is 1. The SMILES string of the molecule is O=C1CC[C@@H]2CN(Cc3ccccc3)CC12. The fourth-order valence-electron chi connectivity index (χ4n) is 3.10. The highest BCUT2D eigenvalue weighted by molar-refractivity contribution is 5.84. The van der Waals surface area contributed by atoms with Crippen molar-refractivity contribution in [1.82, 2.24) is 4.90 Å². The van der Waals surface area contributed by atoms with Gasteiger partial charge in [0.15, 0.2) is 0 Å². The number of rotatable bonds is 2. The van der Waals surface area contributed by atoms with Crippen molar-refractivity contribution in [2.24, 2.45) is 11.8 Å². The minimum absolute atomic E-state index is 0.351. The van der Waals surface area contributed by atoms with E-state index in [0.717, 1.165) is 32.5 Å². The maximum Gasteiger partial charge on any atom is 0.137 e. The molecule has 1 aliphatic carbocycles. The zero-order valence-electron chi connectivity index (χ0n) is 9.43. The van der Waals surface area contributed by atoms with Crippen LogP contribution in [0.5, 0.6) is 0 Å². The zero-order valence-corrected chi connectivity index (χ0v) is 9.43. The Hall–Kier alpha value is -1.15. The molecule has 2 nitrogen and oxygen atoms in total. The highest BCUT2D eigenvalue weighted by Gasteiger charge is 2.41. The van der Waals surface area contributed by atoms with Crippen molar-refractivity contribution in [2.45, 2.75) is 19.4 Å². The third-order valence-electron chi connectivity index (χ3n) is 3.94. The molecular formula is C14H17NO. The van der Waals surface area contributed by atoms with Crippen LogP contribution in [-0.2, 0) is 11.3 Å². The summed E-state index contributed by atoms with van der Waals surface area (Å²) in [6.45, 7) is 3.10. The summed E-state index contributed by atoms with van der Waals surface area (Å²) in [5, 5.41) is 0. The summed E-state index contributed by atoms with van der Waals surface area (Å²) in [4.78, 5) is 14.1. The van der Waals surface area contributed by atoms with Gasteiger partial charge in [-0.3, -0.25) is 9.69 Å². The molecule has 16 heavy (non-hydrogen) atoms. The summed E-state index contributed by atoms with van der Waals surface area (Å²) in [5.41, 5.74) is 1.36. The van der Waals surface area contributed by atoms with Gasteiger partial charge in [0, 0.05) is 32.0 Å². The van der Waals surface area contributed by atoms with Gasteiger partial charge in [-0.05, 0) is 17.9 Å². The Labute approximate surface area is 96.3 Å². The van der Waals surface area contributed by atoms with E-state index < -0.39 is 0 Å². The van der Waals surface area contributed by atoms with Gasteiger partial charge in [0.1, 0.15) is 5.78 Å². The van der Waals surface area contributed by atoms with Gasteiger partial charge in [-0.25, -0.2) is 0 Å². The average Bonchev–Trinajstić information content (AvgIpc) is 2.83. The van der Waals surface area contributed by atoms with E-state index in [9.17, 15) is 4.79 Å². The van der Waals surface area contributed by atoms with Crippen LogP contribution in [-0.4, -0.2) is 23.8 Å². The quantitative estimate of drug-likeness (QED) is 0.753. The maximum atomic E-state index is 11.6. The summed E-state index contributed by atoms with van der Waals surface area (Å²) in [5.74, 6) is 1.50. The number of fused-ring (bicyclic) bond motifs is 1. The second-order valence-corrected chi connectivity index (χ2v) is 5.05. The zero-order chi connectivity index (χ0) is 11.0. The Morgan fingerprint density at radius 2 is 2.00 bits per heavy atom. The monoisotopic (exact) mass is 215 g/mol. The maximum absolute atomic E-state index is 11.6. The van der Waals surface area contributed by atoms with E-state index in [2.05, 4.69) is 29.2 Å². The molecule has 2 heteroatoms. The van der Waals surface area contributed by atoms with E-state index in [1.807, 2.05) is 6.07 Å². The molecule has 0 amide bonds. The van der Waals surface area contributed by atoms with Crippen LogP contribution in [0.1, 0.15) is 18.4 Å². The third-order valence-corrected chi connectivity index (χ3v) is 3.94. The number of hydrogen-bond acceptors (Lipinski definition) is 2. The Bertz CT molecular complexity index is 387. The lowest BCUT2D eigenvalue weighted by molar-refractivity contribution is -0.120. The molecule has 1 heterocycles. The van der Waals surface area contributed by atoms with E-state index in [4.69, 9.17) is 0 Å². The largest absolute Gasteiger partial charge is 0.299 e. The second kappa shape index (κ2) is 4.02. The minimum Gasteiger partial charge on any atom is -0.299 e. The first kappa shape index (κ1) is 10.0. The first-order valence-electron chi connectivity index (χ1n) is 6.12. The van der Waals surface area contributed by atoms with Crippen LogP contribution in [0.2, 0.25) is 0 Å². The van der Waals surface area contributed by atoms with Crippen LogP contribution in [0.3, 0.4) is 0 Å². The molecule has 1 saturated heterocycles.